The first-order valence-corrected chi connectivity index (χ1v) is 8.26. The Bertz CT molecular complexity index is 871. The number of likely N-dealkylation sites (N-methyl/N-ethyl adjacent to an activating group) is 1. The van der Waals surface area contributed by atoms with Crippen LogP contribution in [0, 0.1) is 0 Å². The predicted octanol–water partition coefficient (Wildman–Crippen LogP) is 4.08. The van der Waals surface area contributed by atoms with Gasteiger partial charge in [0.1, 0.15) is 5.75 Å². The summed E-state index contributed by atoms with van der Waals surface area (Å²) in [7, 11) is 2.14. The largest absolute Gasteiger partial charge is 0.506 e. The molecule has 0 spiro atoms. The molecule has 1 atom stereocenters. The monoisotopic (exact) mass is 326 g/mol. The van der Waals surface area contributed by atoms with Crippen LogP contribution in [0.5, 0.6) is 5.75 Å². The molecule has 4 rings (SSSR count). The second-order valence-electron chi connectivity index (χ2n) is 6.31. The predicted molar refractivity (Wildman–Crippen MR) is 94.4 cm³/mol. The van der Waals surface area contributed by atoms with E-state index in [-0.39, 0.29) is 11.8 Å². The van der Waals surface area contributed by atoms with E-state index >= 15 is 0 Å². The molecule has 0 amide bonds. The maximum atomic E-state index is 10.1. The fourth-order valence-electron chi connectivity index (χ4n) is 3.56. The Morgan fingerprint density at radius 3 is 2.87 bits per heavy atom. The molecule has 4 heteroatoms. The maximum Gasteiger partial charge on any atom is 0.134 e. The summed E-state index contributed by atoms with van der Waals surface area (Å²) in [5, 5.41) is 11.8. The van der Waals surface area contributed by atoms with Crippen molar-refractivity contribution >= 4 is 22.5 Å². The van der Waals surface area contributed by atoms with Gasteiger partial charge in [0.05, 0.1) is 11.1 Å². The van der Waals surface area contributed by atoms with Crippen molar-refractivity contribution in [2.45, 2.75) is 12.5 Å². The second kappa shape index (κ2) is 5.59. The zero-order valence-corrected chi connectivity index (χ0v) is 13.8. The topological polar surface area (TPSA) is 28.4 Å². The molecule has 1 aliphatic rings. The number of fused-ring (bicyclic) bond motifs is 2. The van der Waals surface area contributed by atoms with Crippen LogP contribution in [0.15, 0.2) is 48.7 Å². The van der Waals surface area contributed by atoms with Crippen molar-refractivity contribution in [2.24, 2.45) is 0 Å². The number of aromatic hydroxyl groups is 1. The fourth-order valence-corrected chi connectivity index (χ4v) is 3.74. The number of hydrogen-bond donors (Lipinski definition) is 1. The number of para-hydroxylation sites is 1. The highest BCUT2D eigenvalue weighted by molar-refractivity contribution is 6.32. The third-order valence-corrected chi connectivity index (χ3v) is 5.08. The van der Waals surface area contributed by atoms with Gasteiger partial charge < -0.3 is 14.6 Å². The fraction of sp³-hybridized carbons (Fsp3) is 0.263. The van der Waals surface area contributed by atoms with Gasteiger partial charge in [-0.15, -0.1) is 0 Å². The van der Waals surface area contributed by atoms with Gasteiger partial charge in [-0.3, -0.25) is 0 Å². The number of phenolic OH excluding ortho intramolecular Hbond substituents is 1. The van der Waals surface area contributed by atoms with Crippen LogP contribution in [-0.2, 0) is 6.42 Å². The molecule has 118 valence electrons. The van der Waals surface area contributed by atoms with E-state index in [1.807, 2.05) is 12.1 Å². The molecule has 0 aliphatic carbocycles. The molecule has 1 aromatic heterocycles. The highest BCUT2D eigenvalue weighted by Crippen LogP contribution is 2.35. The minimum atomic E-state index is 0.163. The van der Waals surface area contributed by atoms with Gasteiger partial charge in [0.15, 0.2) is 0 Å². The molecular weight excluding hydrogens is 308 g/mol. The molecule has 2 heterocycles. The van der Waals surface area contributed by atoms with Crippen molar-refractivity contribution in [1.29, 1.82) is 0 Å². The minimum absolute atomic E-state index is 0.163. The maximum absolute atomic E-state index is 10.1. The Morgan fingerprint density at radius 2 is 2.00 bits per heavy atom. The Hall–Kier alpha value is -1.97. The molecule has 1 unspecified atom stereocenters. The lowest BCUT2D eigenvalue weighted by molar-refractivity contribution is 0.313. The highest BCUT2D eigenvalue weighted by atomic mass is 35.5. The zero-order valence-electron chi connectivity index (χ0n) is 13.0. The Balaban J connectivity index is 1.92. The van der Waals surface area contributed by atoms with Gasteiger partial charge in [-0.25, -0.2) is 0 Å². The lowest BCUT2D eigenvalue weighted by atomic mass is 9.98. The highest BCUT2D eigenvalue weighted by Gasteiger charge is 2.25. The van der Waals surface area contributed by atoms with E-state index in [9.17, 15) is 5.11 Å². The van der Waals surface area contributed by atoms with E-state index in [0.717, 1.165) is 25.1 Å². The molecule has 3 aromatic rings. The van der Waals surface area contributed by atoms with E-state index in [1.54, 1.807) is 0 Å². The van der Waals surface area contributed by atoms with Crippen LogP contribution < -0.4 is 0 Å². The number of phenols is 1. The lowest BCUT2D eigenvalue weighted by Crippen LogP contribution is -2.27. The van der Waals surface area contributed by atoms with Crippen LogP contribution in [0.2, 0.25) is 5.02 Å². The van der Waals surface area contributed by atoms with Crippen molar-refractivity contribution < 1.29 is 5.11 Å². The molecule has 23 heavy (non-hydrogen) atoms. The molecule has 2 aromatic carbocycles. The Labute approximate surface area is 140 Å². The number of hydrogen-bond acceptors (Lipinski definition) is 2. The Morgan fingerprint density at radius 1 is 1.17 bits per heavy atom. The van der Waals surface area contributed by atoms with Gasteiger partial charge >= 0.3 is 0 Å². The molecule has 0 fully saturated rings. The van der Waals surface area contributed by atoms with Gasteiger partial charge in [-0.05, 0) is 54.2 Å². The van der Waals surface area contributed by atoms with Crippen molar-refractivity contribution in [2.75, 3.05) is 20.1 Å². The SMILES string of the molecule is CN1CCc2cc(Cl)c(O)cc2C(n2ccc3ccccc32)C1. The lowest BCUT2D eigenvalue weighted by Gasteiger charge is -2.24. The molecule has 1 N–H and O–H groups in total. The van der Waals surface area contributed by atoms with Crippen LogP contribution in [0.3, 0.4) is 0 Å². The number of benzene rings is 2. The number of halogens is 1. The summed E-state index contributed by atoms with van der Waals surface area (Å²) in [6, 6.07) is 14.5. The number of rotatable bonds is 1. The normalized spacial score (nSPS) is 18.8. The second-order valence-corrected chi connectivity index (χ2v) is 6.72. The average Bonchev–Trinajstić information content (AvgIpc) is 2.91. The minimum Gasteiger partial charge on any atom is -0.506 e. The van der Waals surface area contributed by atoms with Crippen molar-refractivity contribution in [3.8, 4) is 5.75 Å². The summed E-state index contributed by atoms with van der Waals surface area (Å²) in [6.45, 7) is 1.90. The van der Waals surface area contributed by atoms with E-state index < -0.39 is 0 Å². The van der Waals surface area contributed by atoms with E-state index in [1.165, 1.54) is 16.5 Å². The van der Waals surface area contributed by atoms with Crippen molar-refractivity contribution in [3.63, 3.8) is 0 Å². The summed E-state index contributed by atoms with van der Waals surface area (Å²) in [5.74, 6) is 0.163. The average molecular weight is 327 g/mol. The molecular formula is C19H19ClN2O. The summed E-state index contributed by atoms with van der Waals surface area (Å²) < 4.78 is 2.31. The summed E-state index contributed by atoms with van der Waals surface area (Å²) in [5.41, 5.74) is 3.60. The van der Waals surface area contributed by atoms with Gasteiger partial charge in [0, 0.05) is 24.8 Å². The third-order valence-electron chi connectivity index (χ3n) is 4.78. The summed E-state index contributed by atoms with van der Waals surface area (Å²) in [6.07, 6.45) is 3.09. The van der Waals surface area contributed by atoms with Gasteiger partial charge in [0.25, 0.3) is 0 Å². The number of aromatic nitrogens is 1. The van der Waals surface area contributed by atoms with Gasteiger partial charge in [-0.1, -0.05) is 29.8 Å². The van der Waals surface area contributed by atoms with Crippen molar-refractivity contribution in [3.05, 3.63) is 64.8 Å². The van der Waals surface area contributed by atoms with Crippen LogP contribution in [0.1, 0.15) is 17.2 Å². The van der Waals surface area contributed by atoms with Crippen LogP contribution in [-0.4, -0.2) is 34.7 Å². The molecule has 0 bridgehead atoms. The first kappa shape index (κ1) is 14.6. The van der Waals surface area contributed by atoms with E-state index in [4.69, 9.17) is 11.6 Å². The van der Waals surface area contributed by atoms with Crippen LogP contribution >= 0.6 is 11.6 Å². The summed E-state index contributed by atoms with van der Waals surface area (Å²) in [4.78, 5) is 2.34. The number of nitrogens with zero attached hydrogens (tertiary/aromatic N) is 2. The first-order valence-electron chi connectivity index (χ1n) is 7.89. The molecule has 3 nitrogen and oxygen atoms in total. The zero-order chi connectivity index (χ0) is 16.0. The molecule has 1 aliphatic heterocycles. The van der Waals surface area contributed by atoms with Crippen LogP contribution in [0.25, 0.3) is 10.9 Å². The smallest absolute Gasteiger partial charge is 0.134 e. The molecule has 0 radical (unpaired) electrons. The van der Waals surface area contributed by atoms with E-state index in [2.05, 4.69) is 53.0 Å². The van der Waals surface area contributed by atoms with E-state index in [0.29, 0.717) is 5.02 Å². The quantitative estimate of drug-likeness (QED) is 0.730. The third kappa shape index (κ3) is 2.50. The molecule has 0 saturated heterocycles. The first-order chi connectivity index (χ1) is 11.1. The van der Waals surface area contributed by atoms with Gasteiger partial charge in [-0.2, -0.15) is 0 Å². The molecule has 0 saturated carbocycles. The summed E-state index contributed by atoms with van der Waals surface area (Å²) >= 11 is 6.13. The van der Waals surface area contributed by atoms with Gasteiger partial charge in [0.2, 0.25) is 0 Å². The Kier molecular flexibility index (Phi) is 3.55. The van der Waals surface area contributed by atoms with Crippen molar-refractivity contribution in [1.82, 2.24) is 9.47 Å². The van der Waals surface area contributed by atoms with Crippen LogP contribution in [0.4, 0.5) is 0 Å². The standard InChI is InChI=1S/C19H19ClN2O/c1-21-8-6-14-10-16(20)19(23)11-15(14)18(12-21)22-9-7-13-4-2-3-5-17(13)22/h2-5,7,9-11,18,23H,6,8,12H2,1H3.